The second-order valence-electron chi connectivity index (χ2n) is 9.91. The second kappa shape index (κ2) is 10.2. The molecule has 192 valence electrons. The number of piperidine rings is 1. The molecule has 2 heterocycles. The number of carbonyl (C=O) groups is 2. The van der Waals surface area contributed by atoms with Crippen LogP contribution in [0.4, 0.5) is 11.4 Å². The SMILES string of the molecule is COc1cccc(NC(=O)C2CCN(S(=O)(=O)c3ccc4c(c3)CCCN4C(=O)C3CCC3)CC2)c1. The van der Waals surface area contributed by atoms with Crippen molar-refractivity contribution < 1.29 is 22.7 Å². The molecule has 2 amide bonds. The summed E-state index contributed by atoms with van der Waals surface area (Å²) < 4.78 is 33.5. The Morgan fingerprint density at radius 3 is 2.42 bits per heavy atom. The predicted molar refractivity (Wildman–Crippen MR) is 138 cm³/mol. The number of nitrogens with one attached hydrogen (secondary N) is 1. The fourth-order valence-corrected chi connectivity index (χ4v) is 6.81. The molecule has 2 aromatic rings. The zero-order valence-corrected chi connectivity index (χ0v) is 21.4. The number of anilines is 2. The van der Waals surface area contributed by atoms with Gasteiger partial charge in [0.15, 0.2) is 0 Å². The molecule has 9 heteroatoms. The number of rotatable bonds is 6. The Bertz CT molecular complexity index is 1250. The number of fused-ring (bicyclic) bond motifs is 1. The minimum atomic E-state index is -3.68. The molecule has 8 nitrogen and oxygen atoms in total. The maximum absolute atomic E-state index is 13.4. The van der Waals surface area contributed by atoms with Crippen molar-refractivity contribution in [2.75, 3.05) is 37.0 Å². The number of methoxy groups -OCH3 is 1. The summed E-state index contributed by atoms with van der Waals surface area (Å²) in [5.74, 6) is 0.589. The van der Waals surface area contributed by atoms with E-state index in [9.17, 15) is 18.0 Å². The van der Waals surface area contributed by atoms with Crippen LogP contribution in [0, 0.1) is 11.8 Å². The fourth-order valence-electron chi connectivity index (χ4n) is 5.29. The van der Waals surface area contributed by atoms with Gasteiger partial charge in [0.1, 0.15) is 5.75 Å². The van der Waals surface area contributed by atoms with Gasteiger partial charge in [-0.3, -0.25) is 9.59 Å². The maximum atomic E-state index is 13.4. The highest BCUT2D eigenvalue weighted by molar-refractivity contribution is 7.89. The van der Waals surface area contributed by atoms with E-state index in [0.717, 1.165) is 43.4 Å². The Hall–Kier alpha value is -2.91. The summed E-state index contributed by atoms with van der Waals surface area (Å²) in [5, 5.41) is 2.92. The normalized spacial score (nSPS) is 19.3. The largest absolute Gasteiger partial charge is 0.497 e. The zero-order valence-electron chi connectivity index (χ0n) is 20.6. The molecule has 2 fully saturated rings. The van der Waals surface area contributed by atoms with Gasteiger partial charge in [-0.15, -0.1) is 0 Å². The van der Waals surface area contributed by atoms with Crippen molar-refractivity contribution in [2.45, 2.75) is 49.8 Å². The van der Waals surface area contributed by atoms with E-state index in [1.165, 1.54) is 4.31 Å². The van der Waals surface area contributed by atoms with Crippen LogP contribution in [0.5, 0.6) is 5.75 Å². The van der Waals surface area contributed by atoms with Crippen molar-refractivity contribution in [2.24, 2.45) is 11.8 Å². The minimum absolute atomic E-state index is 0.106. The maximum Gasteiger partial charge on any atom is 0.243 e. The molecule has 3 aliphatic rings. The molecule has 2 aromatic carbocycles. The molecule has 0 bridgehead atoms. The Kier molecular flexibility index (Phi) is 7.03. The van der Waals surface area contributed by atoms with Gasteiger partial charge in [0.25, 0.3) is 0 Å². The van der Waals surface area contributed by atoms with Gasteiger partial charge in [-0.2, -0.15) is 4.31 Å². The van der Waals surface area contributed by atoms with Gasteiger partial charge in [0.2, 0.25) is 21.8 Å². The summed E-state index contributed by atoms with van der Waals surface area (Å²) in [5.41, 5.74) is 2.43. The smallest absolute Gasteiger partial charge is 0.243 e. The van der Waals surface area contributed by atoms with Gasteiger partial charge in [-0.05, 0) is 74.4 Å². The third kappa shape index (κ3) is 4.86. The number of aryl methyl sites for hydroxylation is 1. The van der Waals surface area contributed by atoms with Crippen molar-refractivity contribution in [3.05, 3.63) is 48.0 Å². The average molecular weight is 512 g/mol. The Morgan fingerprint density at radius 1 is 0.944 bits per heavy atom. The lowest BCUT2D eigenvalue weighted by Crippen LogP contribution is -2.42. The van der Waals surface area contributed by atoms with Crippen molar-refractivity contribution in [1.29, 1.82) is 0 Å². The summed E-state index contributed by atoms with van der Waals surface area (Å²) in [6.45, 7) is 1.28. The topological polar surface area (TPSA) is 96.0 Å². The van der Waals surface area contributed by atoms with Gasteiger partial charge in [-0.1, -0.05) is 12.5 Å². The number of benzene rings is 2. The summed E-state index contributed by atoms with van der Waals surface area (Å²) in [6, 6.07) is 12.3. The van der Waals surface area contributed by atoms with Gasteiger partial charge in [0.05, 0.1) is 12.0 Å². The number of carbonyl (C=O) groups excluding carboxylic acids is 2. The quantitative estimate of drug-likeness (QED) is 0.636. The number of nitrogens with zero attached hydrogens (tertiary/aromatic N) is 2. The highest BCUT2D eigenvalue weighted by Gasteiger charge is 2.35. The van der Waals surface area contributed by atoms with Gasteiger partial charge < -0.3 is 15.0 Å². The monoisotopic (exact) mass is 511 g/mol. The van der Waals surface area contributed by atoms with E-state index in [4.69, 9.17) is 4.74 Å². The van der Waals surface area contributed by atoms with Crippen LogP contribution in [0.2, 0.25) is 0 Å². The zero-order chi connectivity index (χ0) is 25.3. The molecule has 0 atom stereocenters. The van der Waals surface area contributed by atoms with Crippen molar-refractivity contribution in [1.82, 2.24) is 4.31 Å². The lowest BCUT2D eigenvalue weighted by atomic mass is 9.83. The van der Waals surface area contributed by atoms with E-state index < -0.39 is 10.0 Å². The predicted octanol–water partition coefficient (Wildman–Crippen LogP) is 3.81. The Balaban J connectivity index is 1.24. The Labute approximate surface area is 212 Å². The van der Waals surface area contributed by atoms with Crippen molar-refractivity contribution >= 4 is 33.2 Å². The van der Waals surface area contributed by atoms with Gasteiger partial charge in [-0.25, -0.2) is 8.42 Å². The lowest BCUT2D eigenvalue weighted by Gasteiger charge is -2.35. The van der Waals surface area contributed by atoms with Crippen LogP contribution in [0.3, 0.4) is 0 Å². The van der Waals surface area contributed by atoms with Crippen LogP contribution >= 0.6 is 0 Å². The van der Waals surface area contributed by atoms with Crippen LogP contribution in [0.15, 0.2) is 47.4 Å². The van der Waals surface area contributed by atoms with Crippen molar-refractivity contribution in [3.63, 3.8) is 0 Å². The van der Waals surface area contributed by atoms with E-state index >= 15 is 0 Å². The third-order valence-electron chi connectivity index (χ3n) is 7.69. The first-order valence-corrected chi connectivity index (χ1v) is 14.2. The van der Waals surface area contributed by atoms with Gasteiger partial charge in [0, 0.05) is 48.9 Å². The molecule has 0 aromatic heterocycles. The van der Waals surface area contributed by atoms with E-state index in [1.54, 1.807) is 37.4 Å². The number of hydrogen-bond donors (Lipinski definition) is 1. The number of amides is 2. The first-order valence-electron chi connectivity index (χ1n) is 12.8. The first kappa shape index (κ1) is 24.8. The molecule has 36 heavy (non-hydrogen) atoms. The third-order valence-corrected chi connectivity index (χ3v) is 9.58. The number of hydrogen-bond acceptors (Lipinski definition) is 5. The van der Waals surface area contributed by atoms with E-state index in [1.807, 2.05) is 17.0 Å². The molecule has 5 rings (SSSR count). The lowest BCUT2D eigenvalue weighted by molar-refractivity contribution is -0.124. The molecule has 1 saturated heterocycles. The van der Waals surface area contributed by atoms with Crippen LogP contribution in [-0.2, 0) is 26.0 Å². The molecule has 1 aliphatic carbocycles. The molecule has 2 aliphatic heterocycles. The second-order valence-corrected chi connectivity index (χ2v) is 11.8. The summed E-state index contributed by atoms with van der Waals surface area (Å²) >= 11 is 0. The minimum Gasteiger partial charge on any atom is -0.497 e. The molecule has 1 saturated carbocycles. The molecule has 0 spiro atoms. The van der Waals surface area contributed by atoms with Crippen LogP contribution in [0.25, 0.3) is 0 Å². The molecular weight excluding hydrogens is 478 g/mol. The molecular formula is C27H33N3O5S. The average Bonchev–Trinajstić information content (AvgIpc) is 2.87. The summed E-state index contributed by atoms with van der Waals surface area (Å²) in [4.78, 5) is 27.7. The van der Waals surface area contributed by atoms with Crippen molar-refractivity contribution in [3.8, 4) is 5.75 Å². The van der Waals surface area contributed by atoms with E-state index in [-0.39, 0.29) is 28.5 Å². The highest BCUT2D eigenvalue weighted by Crippen LogP contribution is 2.36. The molecule has 0 radical (unpaired) electrons. The Morgan fingerprint density at radius 2 is 1.72 bits per heavy atom. The van der Waals surface area contributed by atoms with Crippen LogP contribution in [-0.4, -0.2) is 51.3 Å². The highest BCUT2D eigenvalue weighted by atomic mass is 32.2. The first-order chi connectivity index (χ1) is 17.4. The van der Waals surface area contributed by atoms with Crippen LogP contribution in [0.1, 0.15) is 44.1 Å². The summed E-state index contributed by atoms with van der Waals surface area (Å²) in [6.07, 6.45) is 5.53. The fraction of sp³-hybridized carbons (Fsp3) is 0.481. The number of sulfonamides is 1. The molecule has 1 N–H and O–H groups in total. The number of ether oxygens (including phenoxy) is 1. The van der Waals surface area contributed by atoms with E-state index in [0.29, 0.717) is 43.9 Å². The summed E-state index contributed by atoms with van der Waals surface area (Å²) in [7, 11) is -2.10. The van der Waals surface area contributed by atoms with Gasteiger partial charge >= 0.3 is 0 Å². The van der Waals surface area contributed by atoms with Crippen LogP contribution < -0.4 is 15.0 Å². The molecule has 0 unspecified atom stereocenters. The standard InChI is InChI=1S/C27H33N3O5S/c1-35-23-9-3-8-22(18-23)28-26(31)19-12-15-29(16-13-19)36(33,34)24-10-11-25-21(17-24)7-4-14-30(25)27(32)20-5-2-6-20/h3,8-11,17-20H,2,4-7,12-16H2,1H3,(H,28,31). The van der Waals surface area contributed by atoms with E-state index in [2.05, 4.69) is 5.32 Å².